The molecule has 3 rings (SSSR count). The zero-order valence-corrected chi connectivity index (χ0v) is 24.8. The first-order valence-electron chi connectivity index (χ1n) is 14.1. The lowest BCUT2D eigenvalue weighted by Gasteiger charge is -2.25. The van der Waals surface area contributed by atoms with Gasteiger partial charge >= 0.3 is 0 Å². The van der Waals surface area contributed by atoms with Gasteiger partial charge in [0.15, 0.2) is 0 Å². The molecule has 7 nitrogen and oxygen atoms in total. The number of anilines is 1. The van der Waals surface area contributed by atoms with E-state index in [0.717, 1.165) is 23.1 Å². The summed E-state index contributed by atoms with van der Waals surface area (Å²) < 4.78 is 5.37. The number of hydrogen-bond donors (Lipinski definition) is 3. The van der Waals surface area contributed by atoms with E-state index in [1.54, 1.807) is 18.2 Å². The Morgan fingerprint density at radius 2 is 1.78 bits per heavy atom. The summed E-state index contributed by atoms with van der Waals surface area (Å²) in [5, 5.41) is 17.8. The van der Waals surface area contributed by atoms with Crippen LogP contribution in [0.25, 0.3) is 0 Å². The van der Waals surface area contributed by atoms with Gasteiger partial charge in [-0.2, -0.15) is 4.98 Å². The third-order valence-corrected chi connectivity index (χ3v) is 6.96. The molecule has 0 spiro atoms. The van der Waals surface area contributed by atoms with E-state index in [0.29, 0.717) is 49.2 Å². The first kappa shape index (κ1) is 31.6. The minimum Gasteiger partial charge on any atom is -0.481 e. The van der Waals surface area contributed by atoms with Crippen molar-refractivity contribution in [2.24, 2.45) is 0 Å². The van der Waals surface area contributed by atoms with Gasteiger partial charge < -0.3 is 25.4 Å². The van der Waals surface area contributed by atoms with Crippen LogP contribution in [0.4, 0.5) is 5.82 Å². The highest BCUT2D eigenvalue weighted by Crippen LogP contribution is 2.20. The lowest BCUT2D eigenvalue weighted by atomic mass is 9.98. The van der Waals surface area contributed by atoms with Crippen molar-refractivity contribution >= 4 is 11.7 Å². The van der Waals surface area contributed by atoms with E-state index in [-0.39, 0.29) is 5.91 Å². The van der Waals surface area contributed by atoms with E-state index in [1.807, 2.05) is 36.2 Å². The highest BCUT2D eigenvalue weighted by atomic mass is 16.5. The number of aromatic nitrogens is 1. The molecular weight excluding hydrogens is 512 g/mol. The number of pyridine rings is 1. The third kappa shape index (κ3) is 9.59. The summed E-state index contributed by atoms with van der Waals surface area (Å²) in [5.41, 5.74) is 4.99. The Kier molecular flexibility index (Phi) is 12.1. The summed E-state index contributed by atoms with van der Waals surface area (Å²) in [6, 6.07) is 19.4. The summed E-state index contributed by atoms with van der Waals surface area (Å²) in [4.78, 5) is 19.9. The molecule has 0 saturated carbocycles. The number of likely N-dealkylation sites (N-methyl/N-ethyl adjacent to an activating group) is 1. The van der Waals surface area contributed by atoms with Crippen molar-refractivity contribution in [1.82, 2.24) is 15.6 Å². The molecule has 0 aliphatic rings. The van der Waals surface area contributed by atoms with Crippen LogP contribution in [0.1, 0.15) is 52.4 Å². The highest BCUT2D eigenvalue weighted by molar-refractivity contribution is 5.95. The van der Waals surface area contributed by atoms with Gasteiger partial charge in [0.1, 0.15) is 5.82 Å². The topological polar surface area (TPSA) is 86.7 Å². The molecule has 1 amide bonds. The van der Waals surface area contributed by atoms with E-state index < -0.39 is 12.1 Å². The largest absolute Gasteiger partial charge is 0.481 e. The van der Waals surface area contributed by atoms with Crippen molar-refractivity contribution in [1.29, 1.82) is 0 Å². The monoisotopic (exact) mass is 556 g/mol. The van der Waals surface area contributed by atoms with Gasteiger partial charge in [-0.1, -0.05) is 74.5 Å². The Labute approximate surface area is 245 Å². The molecule has 0 fully saturated rings. The van der Waals surface area contributed by atoms with Crippen LogP contribution in [0.3, 0.4) is 0 Å². The number of carbonyl (C=O) groups is 1. The number of allylic oxidation sites excluding steroid dienone is 1. The molecule has 0 aliphatic heterocycles. The number of nitrogens with zero attached hydrogens (tertiary/aromatic N) is 2. The predicted molar refractivity (Wildman–Crippen MR) is 168 cm³/mol. The number of aliphatic hydroxyl groups excluding tert-OH is 1. The molecular formula is C34H44N4O3. The molecule has 0 aliphatic carbocycles. The number of methoxy groups -OCH3 is 1. The normalized spacial score (nSPS) is 12.4. The van der Waals surface area contributed by atoms with Gasteiger partial charge in [-0.25, -0.2) is 0 Å². The van der Waals surface area contributed by atoms with Crippen molar-refractivity contribution in [2.45, 2.75) is 51.3 Å². The molecule has 0 unspecified atom stereocenters. The second-order valence-corrected chi connectivity index (χ2v) is 10.6. The molecule has 3 aromatic rings. The summed E-state index contributed by atoms with van der Waals surface area (Å²) in [7, 11) is 3.39. The van der Waals surface area contributed by atoms with Crippen LogP contribution in [0.2, 0.25) is 0 Å². The molecule has 3 N–H and O–H groups in total. The molecule has 0 saturated heterocycles. The minimum absolute atomic E-state index is 0.310. The Morgan fingerprint density at radius 3 is 2.49 bits per heavy atom. The van der Waals surface area contributed by atoms with Crippen molar-refractivity contribution < 1.29 is 14.6 Å². The number of benzene rings is 2. The van der Waals surface area contributed by atoms with Gasteiger partial charge in [-0.15, -0.1) is 13.2 Å². The van der Waals surface area contributed by atoms with Gasteiger partial charge in [0.25, 0.3) is 5.91 Å². The average molecular weight is 557 g/mol. The maximum Gasteiger partial charge on any atom is 0.251 e. The fourth-order valence-corrected chi connectivity index (χ4v) is 4.62. The number of rotatable bonds is 16. The van der Waals surface area contributed by atoms with Crippen molar-refractivity contribution in [3.63, 3.8) is 0 Å². The number of aliphatic hydroxyl groups is 1. The van der Waals surface area contributed by atoms with E-state index in [2.05, 4.69) is 73.0 Å². The highest BCUT2D eigenvalue weighted by Gasteiger charge is 2.24. The molecule has 41 heavy (non-hydrogen) atoms. The SMILES string of the molecule is C=CCc1cccc(C[C@H](NC(=O)c2cc(OC)nc(N(C)CC=C)c2)[C@@H](O)CNCc2cccc(C(C)C)c2)c1. The van der Waals surface area contributed by atoms with Crippen LogP contribution in [-0.2, 0) is 19.4 Å². The molecule has 0 bridgehead atoms. The van der Waals surface area contributed by atoms with Crippen LogP contribution in [0.5, 0.6) is 5.88 Å². The lowest BCUT2D eigenvalue weighted by Crippen LogP contribution is -2.48. The van der Waals surface area contributed by atoms with Crippen molar-refractivity contribution in [3.8, 4) is 5.88 Å². The fraction of sp³-hybridized carbons (Fsp3) is 0.353. The second kappa shape index (κ2) is 15.7. The van der Waals surface area contributed by atoms with Crippen molar-refractivity contribution in [2.75, 3.05) is 32.1 Å². The Morgan fingerprint density at radius 1 is 1.05 bits per heavy atom. The first-order chi connectivity index (χ1) is 19.7. The number of ether oxygens (including phenoxy) is 1. The zero-order valence-electron chi connectivity index (χ0n) is 24.8. The number of amides is 1. The smallest absolute Gasteiger partial charge is 0.251 e. The number of hydrogen-bond acceptors (Lipinski definition) is 6. The standard InChI is InChI=1S/C34H44N4O3/c1-7-11-25-12-9-13-26(17-25)19-30(31(39)23-35-22-27-14-10-15-28(18-27)24(3)4)36-34(40)29-20-32(38(5)16-8-2)37-33(21-29)41-6/h7-10,12-15,17-18,20-21,24,30-31,35,39H,1-2,11,16,19,22-23H2,3-6H3,(H,36,40)/t30-,31-/m0/s1. The van der Waals surface area contributed by atoms with Gasteiger partial charge in [0.05, 0.1) is 19.3 Å². The molecule has 7 heteroatoms. The Bertz CT molecular complexity index is 1310. The van der Waals surface area contributed by atoms with Crippen molar-refractivity contribution in [3.05, 3.63) is 114 Å². The maximum absolute atomic E-state index is 13.5. The molecule has 2 atom stereocenters. The van der Waals surface area contributed by atoms with Crippen LogP contribution in [-0.4, -0.2) is 55.4 Å². The third-order valence-electron chi connectivity index (χ3n) is 6.96. The molecule has 2 aromatic carbocycles. The van der Waals surface area contributed by atoms with Crippen LogP contribution >= 0.6 is 0 Å². The van der Waals surface area contributed by atoms with E-state index in [4.69, 9.17) is 4.74 Å². The van der Waals surface area contributed by atoms with Crippen LogP contribution in [0.15, 0.2) is 86.0 Å². The lowest BCUT2D eigenvalue weighted by molar-refractivity contribution is 0.0829. The first-order valence-corrected chi connectivity index (χ1v) is 14.1. The minimum atomic E-state index is -0.832. The van der Waals surface area contributed by atoms with Crippen LogP contribution < -0.4 is 20.3 Å². The number of carbonyl (C=O) groups excluding carboxylic acids is 1. The van der Waals surface area contributed by atoms with E-state index >= 15 is 0 Å². The Balaban J connectivity index is 1.80. The molecule has 218 valence electrons. The van der Waals surface area contributed by atoms with Gasteiger partial charge in [0.2, 0.25) is 5.88 Å². The van der Waals surface area contributed by atoms with Gasteiger partial charge in [0, 0.05) is 38.3 Å². The van der Waals surface area contributed by atoms with E-state index in [9.17, 15) is 9.90 Å². The molecule has 1 heterocycles. The molecule has 0 radical (unpaired) electrons. The summed E-state index contributed by atoms with van der Waals surface area (Å²) >= 11 is 0. The molecule has 1 aromatic heterocycles. The summed E-state index contributed by atoms with van der Waals surface area (Å²) in [6.07, 6.45) is 4.01. The van der Waals surface area contributed by atoms with Gasteiger partial charge in [-0.3, -0.25) is 4.79 Å². The van der Waals surface area contributed by atoms with E-state index in [1.165, 1.54) is 12.7 Å². The number of nitrogens with one attached hydrogen (secondary N) is 2. The summed E-state index contributed by atoms with van der Waals surface area (Å²) in [5.74, 6) is 1.06. The Hall–Kier alpha value is -3.94. The fourth-order valence-electron chi connectivity index (χ4n) is 4.62. The predicted octanol–water partition coefficient (Wildman–Crippen LogP) is 5.06. The zero-order chi connectivity index (χ0) is 29.8. The summed E-state index contributed by atoms with van der Waals surface area (Å²) in [6.45, 7) is 13.5. The quantitative estimate of drug-likeness (QED) is 0.214. The average Bonchev–Trinajstić information content (AvgIpc) is 2.97. The van der Waals surface area contributed by atoms with Gasteiger partial charge in [-0.05, 0) is 47.1 Å². The maximum atomic E-state index is 13.5. The second-order valence-electron chi connectivity index (χ2n) is 10.6. The van der Waals surface area contributed by atoms with Crippen LogP contribution in [0, 0.1) is 0 Å².